The van der Waals surface area contributed by atoms with Crippen molar-refractivity contribution in [2.24, 2.45) is 11.1 Å². The standard InChI is InChI=1S/C18H21NOS/c1-18(2,17(19)21)12-13-20-16-10-8-15(9-11-16)14-6-4-3-5-7-14/h3-11H,12-13H2,1-2H3,(H2,19,21). The van der Waals surface area contributed by atoms with Crippen LogP contribution in [0, 0.1) is 5.41 Å². The van der Waals surface area contributed by atoms with Crippen LogP contribution < -0.4 is 10.5 Å². The lowest BCUT2D eigenvalue weighted by atomic mass is 9.90. The molecule has 2 nitrogen and oxygen atoms in total. The number of nitrogens with two attached hydrogens (primary N) is 1. The van der Waals surface area contributed by atoms with Crippen molar-refractivity contribution in [3.05, 3.63) is 54.6 Å². The van der Waals surface area contributed by atoms with Gasteiger partial charge in [0.15, 0.2) is 0 Å². The SMILES string of the molecule is CC(C)(CCOc1ccc(-c2ccccc2)cc1)C(N)=S. The highest BCUT2D eigenvalue weighted by atomic mass is 32.1. The zero-order chi connectivity index (χ0) is 15.3. The van der Waals surface area contributed by atoms with Crippen LogP contribution in [0.1, 0.15) is 20.3 Å². The minimum atomic E-state index is -0.167. The maximum Gasteiger partial charge on any atom is 0.119 e. The number of rotatable bonds is 6. The van der Waals surface area contributed by atoms with Gasteiger partial charge >= 0.3 is 0 Å². The van der Waals surface area contributed by atoms with Crippen molar-refractivity contribution in [1.29, 1.82) is 0 Å². The van der Waals surface area contributed by atoms with E-state index < -0.39 is 0 Å². The molecule has 0 saturated heterocycles. The first-order valence-electron chi connectivity index (χ1n) is 7.07. The molecule has 2 aromatic rings. The van der Waals surface area contributed by atoms with E-state index >= 15 is 0 Å². The molecule has 21 heavy (non-hydrogen) atoms. The van der Waals surface area contributed by atoms with Gasteiger partial charge in [-0.2, -0.15) is 0 Å². The highest BCUT2D eigenvalue weighted by molar-refractivity contribution is 7.80. The third-order valence-electron chi connectivity index (χ3n) is 3.62. The third kappa shape index (κ3) is 4.30. The molecule has 0 unspecified atom stereocenters. The Bertz CT molecular complexity index is 590. The predicted octanol–water partition coefficient (Wildman–Crippen LogP) is 4.43. The predicted molar refractivity (Wildman–Crippen MR) is 92.6 cm³/mol. The summed E-state index contributed by atoms with van der Waals surface area (Å²) in [6, 6.07) is 18.4. The summed E-state index contributed by atoms with van der Waals surface area (Å²) < 4.78 is 5.77. The second-order valence-corrected chi connectivity index (χ2v) is 6.18. The van der Waals surface area contributed by atoms with Gasteiger partial charge in [-0.05, 0) is 29.7 Å². The van der Waals surface area contributed by atoms with Crippen molar-refractivity contribution in [3.63, 3.8) is 0 Å². The van der Waals surface area contributed by atoms with Crippen LogP contribution >= 0.6 is 12.2 Å². The number of thiocarbonyl (C=S) groups is 1. The summed E-state index contributed by atoms with van der Waals surface area (Å²) in [5, 5.41) is 0. The first-order valence-corrected chi connectivity index (χ1v) is 7.48. The normalized spacial score (nSPS) is 11.1. The summed E-state index contributed by atoms with van der Waals surface area (Å²) >= 11 is 5.06. The molecule has 0 aliphatic rings. The first-order chi connectivity index (χ1) is 9.99. The van der Waals surface area contributed by atoms with Gasteiger partial charge in [-0.25, -0.2) is 0 Å². The van der Waals surface area contributed by atoms with Gasteiger partial charge in [-0.1, -0.05) is 68.5 Å². The molecule has 0 saturated carbocycles. The fourth-order valence-corrected chi connectivity index (χ4v) is 2.02. The van der Waals surface area contributed by atoms with E-state index in [4.69, 9.17) is 22.7 Å². The van der Waals surface area contributed by atoms with Crippen molar-refractivity contribution in [2.75, 3.05) is 6.61 Å². The molecule has 0 radical (unpaired) electrons. The van der Waals surface area contributed by atoms with Crippen molar-refractivity contribution >= 4 is 17.2 Å². The Labute approximate surface area is 131 Å². The second-order valence-electron chi connectivity index (χ2n) is 5.74. The minimum Gasteiger partial charge on any atom is -0.494 e. The summed E-state index contributed by atoms with van der Waals surface area (Å²) in [5.74, 6) is 0.869. The van der Waals surface area contributed by atoms with E-state index in [0.717, 1.165) is 12.2 Å². The van der Waals surface area contributed by atoms with E-state index in [1.165, 1.54) is 11.1 Å². The number of hydrogen-bond acceptors (Lipinski definition) is 2. The van der Waals surface area contributed by atoms with E-state index in [1.54, 1.807) is 0 Å². The van der Waals surface area contributed by atoms with Crippen molar-refractivity contribution < 1.29 is 4.74 Å². The van der Waals surface area contributed by atoms with Gasteiger partial charge in [0.25, 0.3) is 0 Å². The number of hydrogen-bond donors (Lipinski definition) is 1. The lowest BCUT2D eigenvalue weighted by Gasteiger charge is -2.22. The molecule has 3 heteroatoms. The van der Waals surface area contributed by atoms with E-state index in [9.17, 15) is 0 Å². The second kappa shape index (κ2) is 6.72. The first kappa shape index (κ1) is 15.5. The van der Waals surface area contributed by atoms with E-state index in [0.29, 0.717) is 11.6 Å². The Morgan fingerprint density at radius 1 is 1.00 bits per heavy atom. The molecule has 0 aliphatic heterocycles. The molecule has 0 spiro atoms. The highest BCUT2D eigenvalue weighted by Gasteiger charge is 2.21. The monoisotopic (exact) mass is 299 g/mol. The Hall–Kier alpha value is -1.87. The van der Waals surface area contributed by atoms with Gasteiger partial charge in [-0.15, -0.1) is 0 Å². The molecule has 0 heterocycles. The molecular formula is C18H21NOS. The zero-order valence-electron chi connectivity index (χ0n) is 12.5. The van der Waals surface area contributed by atoms with Crippen LogP contribution in [-0.4, -0.2) is 11.6 Å². The summed E-state index contributed by atoms with van der Waals surface area (Å²) in [4.78, 5) is 0.533. The van der Waals surface area contributed by atoms with Crippen LogP contribution in [0.4, 0.5) is 0 Å². The van der Waals surface area contributed by atoms with Gasteiger partial charge in [0.05, 0.1) is 11.6 Å². The lowest BCUT2D eigenvalue weighted by Crippen LogP contribution is -2.31. The Morgan fingerprint density at radius 2 is 1.57 bits per heavy atom. The van der Waals surface area contributed by atoms with Crippen LogP contribution in [0.2, 0.25) is 0 Å². The van der Waals surface area contributed by atoms with Gasteiger partial charge in [0.2, 0.25) is 0 Å². The Balaban J connectivity index is 1.93. The van der Waals surface area contributed by atoms with Crippen molar-refractivity contribution in [1.82, 2.24) is 0 Å². The Kier molecular flexibility index (Phi) is 4.97. The largest absolute Gasteiger partial charge is 0.494 e. The maximum absolute atomic E-state index is 5.77. The molecule has 2 rings (SSSR count). The molecule has 0 aliphatic carbocycles. The van der Waals surface area contributed by atoms with Crippen LogP contribution in [0.25, 0.3) is 11.1 Å². The molecule has 0 atom stereocenters. The summed E-state index contributed by atoms with van der Waals surface area (Å²) in [5.41, 5.74) is 7.94. The van der Waals surface area contributed by atoms with Crippen molar-refractivity contribution in [3.8, 4) is 16.9 Å². The molecule has 0 amide bonds. The zero-order valence-corrected chi connectivity index (χ0v) is 13.3. The topological polar surface area (TPSA) is 35.2 Å². The minimum absolute atomic E-state index is 0.167. The molecule has 2 N–H and O–H groups in total. The van der Waals surface area contributed by atoms with Gasteiger partial charge in [-0.3, -0.25) is 0 Å². The van der Waals surface area contributed by atoms with Gasteiger partial charge in [0, 0.05) is 5.41 Å². The molecule has 0 aromatic heterocycles. The molecule has 0 bridgehead atoms. The van der Waals surface area contributed by atoms with Crippen LogP contribution in [0.15, 0.2) is 54.6 Å². The summed E-state index contributed by atoms with van der Waals surface area (Å²) in [7, 11) is 0. The van der Waals surface area contributed by atoms with Crippen LogP contribution in [0.5, 0.6) is 5.75 Å². The maximum atomic E-state index is 5.77. The highest BCUT2D eigenvalue weighted by Crippen LogP contribution is 2.24. The quantitative estimate of drug-likeness (QED) is 0.801. The van der Waals surface area contributed by atoms with Crippen LogP contribution in [0.3, 0.4) is 0 Å². The van der Waals surface area contributed by atoms with E-state index in [2.05, 4.69) is 24.3 Å². The fourth-order valence-electron chi connectivity index (χ4n) is 1.92. The van der Waals surface area contributed by atoms with Crippen LogP contribution in [-0.2, 0) is 0 Å². The summed E-state index contributed by atoms with van der Waals surface area (Å²) in [6.45, 7) is 4.68. The fraction of sp³-hybridized carbons (Fsp3) is 0.278. The van der Waals surface area contributed by atoms with Crippen molar-refractivity contribution in [2.45, 2.75) is 20.3 Å². The molecular weight excluding hydrogens is 278 g/mol. The van der Waals surface area contributed by atoms with Gasteiger partial charge in [0.1, 0.15) is 5.75 Å². The lowest BCUT2D eigenvalue weighted by molar-refractivity contribution is 0.270. The number of ether oxygens (including phenoxy) is 1. The molecule has 0 fully saturated rings. The third-order valence-corrected chi connectivity index (χ3v) is 4.18. The van der Waals surface area contributed by atoms with Gasteiger partial charge < -0.3 is 10.5 Å². The summed E-state index contributed by atoms with van der Waals surface area (Å²) in [6.07, 6.45) is 0.808. The molecule has 110 valence electrons. The van der Waals surface area contributed by atoms with E-state index in [-0.39, 0.29) is 5.41 Å². The smallest absolute Gasteiger partial charge is 0.119 e. The number of benzene rings is 2. The van der Waals surface area contributed by atoms with E-state index in [1.807, 2.05) is 44.2 Å². The Morgan fingerprint density at radius 3 is 2.14 bits per heavy atom. The average molecular weight is 299 g/mol. The average Bonchev–Trinajstić information content (AvgIpc) is 2.48. The molecule has 2 aromatic carbocycles.